The summed E-state index contributed by atoms with van der Waals surface area (Å²) >= 11 is 6.09. The Labute approximate surface area is 171 Å². The monoisotopic (exact) mass is 408 g/mol. The number of hydrogen-bond donors (Lipinski definition) is 1. The van der Waals surface area contributed by atoms with Gasteiger partial charge in [-0.15, -0.1) is 0 Å². The lowest BCUT2D eigenvalue weighted by atomic mass is 10.1. The van der Waals surface area contributed by atoms with E-state index in [4.69, 9.17) is 25.2 Å². The second kappa shape index (κ2) is 8.24. The number of halogens is 1. The minimum atomic E-state index is -0.339. The molecule has 0 atom stereocenters. The summed E-state index contributed by atoms with van der Waals surface area (Å²) in [5, 5.41) is 4.07. The fourth-order valence-electron chi connectivity index (χ4n) is 2.82. The number of methoxy groups -OCH3 is 1. The van der Waals surface area contributed by atoms with E-state index in [1.54, 1.807) is 61.9 Å². The molecule has 0 aliphatic carbocycles. The third-order valence-corrected chi connectivity index (χ3v) is 4.48. The Kier molecular flexibility index (Phi) is 5.35. The van der Waals surface area contributed by atoms with Gasteiger partial charge in [0.2, 0.25) is 5.55 Å². The highest BCUT2D eigenvalue weighted by molar-refractivity contribution is 6.31. The second-order valence-corrected chi connectivity index (χ2v) is 6.66. The maximum Gasteiger partial charge on any atom is 0.257 e. The average molecular weight is 409 g/mol. The number of carbonyl (C=O) groups excluding carboxylic acids is 1. The highest BCUT2D eigenvalue weighted by atomic mass is 35.5. The molecule has 2 aromatic heterocycles. The number of amides is 1. The summed E-state index contributed by atoms with van der Waals surface area (Å²) in [6.07, 6.45) is 1.55. The minimum Gasteiger partial charge on any atom is -0.497 e. The van der Waals surface area contributed by atoms with Crippen LogP contribution in [0.4, 0.5) is 5.69 Å². The zero-order chi connectivity index (χ0) is 20.2. The van der Waals surface area contributed by atoms with Gasteiger partial charge in [0.15, 0.2) is 0 Å². The number of carbonyl (C=O) groups is 1. The molecule has 1 amide bonds. The first-order valence-corrected chi connectivity index (χ1v) is 9.23. The van der Waals surface area contributed by atoms with E-state index in [9.17, 15) is 4.79 Å². The summed E-state index contributed by atoms with van der Waals surface area (Å²) in [6.45, 7) is 0.248. The Morgan fingerprint density at radius 1 is 1.14 bits per heavy atom. The molecule has 0 radical (unpaired) electrons. The molecule has 0 saturated heterocycles. The zero-order valence-corrected chi connectivity index (χ0v) is 16.3. The van der Waals surface area contributed by atoms with Crippen molar-refractivity contribution < 1.29 is 18.4 Å². The first kappa shape index (κ1) is 18.8. The molecule has 0 spiro atoms. The Hall–Kier alpha value is -3.51. The van der Waals surface area contributed by atoms with Crippen molar-refractivity contribution >= 4 is 34.2 Å². The molecule has 6 nitrogen and oxygen atoms in total. The molecule has 4 rings (SSSR count). The number of furan rings is 1. The molecular weight excluding hydrogens is 392 g/mol. The second-order valence-electron chi connectivity index (χ2n) is 6.22. The number of nitrogens with one attached hydrogen (secondary N) is 1. The smallest absolute Gasteiger partial charge is 0.257 e. The van der Waals surface area contributed by atoms with Gasteiger partial charge in [-0.2, -0.15) is 0 Å². The van der Waals surface area contributed by atoms with E-state index in [1.165, 1.54) is 0 Å². The zero-order valence-electron chi connectivity index (χ0n) is 15.5. The van der Waals surface area contributed by atoms with Gasteiger partial charge in [0.05, 0.1) is 25.6 Å². The Morgan fingerprint density at radius 3 is 2.83 bits per heavy atom. The molecule has 1 N–H and O–H groups in total. The van der Waals surface area contributed by atoms with Crippen LogP contribution >= 0.6 is 11.6 Å². The summed E-state index contributed by atoms with van der Waals surface area (Å²) in [5.41, 5.74) is 1.64. The Morgan fingerprint density at radius 2 is 2.03 bits per heavy atom. The lowest BCUT2D eigenvalue weighted by Crippen LogP contribution is -2.28. The lowest BCUT2D eigenvalue weighted by molar-refractivity contribution is 0.0944. The summed E-state index contributed by atoms with van der Waals surface area (Å²) in [7, 11) is 1.58. The van der Waals surface area contributed by atoms with Crippen molar-refractivity contribution in [3.05, 3.63) is 88.8 Å². The first-order valence-electron chi connectivity index (χ1n) is 8.85. The van der Waals surface area contributed by atoms with Crippen molar-refractivity contribution in [3.8, 4) is 5.75 Å². The van der Waals surface area contributed by atoms with Crippen LogP contribution in [0.3, 0.4) is 0 Å². The molecule has 0 fully saturated rings. The molecule has 4 aromatic rings. The van der Waals surface area contributed by atoms with Gasteiger partial charge in [0.25, 0.3) is 5.91 Å². The van der Waals surface area contributed by atoms with Crippen molar-refractivity contribution in [2.75, 3.05) is 7.11 Å². The number of nitrogens with zero attached hydrogens (tertiary/aromatic N) is 1. The van der Waals surface area contributed by atoms with E-state index in [2.05, 4.69) is 10.3 Å². The van der Waals surface area contributed by atoms with Crippen LogP contribution in [0, 0.1) is 0 Å². The van der Waals surface area contributed by atoms with Gasteiger partial charge in [0, 0.05) is 16.5 Å². The molecular formula is C22H17ClN2O4. The van der Waals surface area contributed by atoms with E-state index in [0.29, 0.717) is 33.2 Å². The van der Waals surface area contributed by atoms with Crippen molar-refractivity contribution in [3.63, 3.8) is 0 Å². The van der Waals surface area contributed by atoms with Crippen molar-refractivity contribution in [2.45, 2.75) is 6.54 Å². The number of benzene rings is 2. The van der Waals surface area contributed by atoms with Crippen LogP contribution in [0.1, 0.15) is 16.1 Å². The first-order chi connectivity index (χ1) is 14.1. The largest absolute Gasteiger partial charge is 0.497 e. The highest BCUT2D eigenvalue weighted by Crippen LogP contribution is 2.21. The number of hydrogen-bond acceptors (Lipinski definition) is 5. The summed E-state index contributed by atoms with van der Waals surface area (Å²) in [4.78, 5) is 17.4. The van der Waals surface area contributed by atoms with Crippen LogP contribution in [-0.4, -0.2) is 13.0 Å². The normalized spacial score (nSPS) is 11.6. The van der Waals surface area contributed by atoms with E-state index in [-0.39, 0.29) is 23.6 Å². The lowest BCUT2D eigenvalue weighted by Gasteiger charge is -2.07. The molecule has 0 aliphatic rings. The molecule has 2 heterocycles. The van der Waals surface area contributed by atoms with Crippen LogP contribution in [0.15, 0.2) is 80.8 Å². The third kappa shape index (κ3) is 4.33. The molecule has 7 heteroatoms. The maximum absolute atomic E-state index is 12.9. The quantitative estimate of drug-likeness (QED) is 0.512. The van der Waals surface area contributed by atoms with Gasteiger partial charge in [0.1, 0.15) is 22.7 Å². The topological polar surface area (TPSA) is 77.0 Å². The van der Waals surface area contributed by atoms with Gasteiger partial charge in [-0.05, 0) is 48.5 Å². The van der Waals surface area contributed by atoms with Gasteiger partial charge in [-0.25, -0.2) is 4.99 Å². The standard InChI is InChI=1S/C22H17ClN2O4/c1-27-17-5-2-4-16(12-17)25-22-19(21(26)24-13-18-6-3-9-28-18)11-14-10-15(23)7-8-20(14)29-22/h2-12H,13H2,1H3,(H,24,26). The highest BCUT2D eigenvalue weighted by Gasteiger charge is 2.13. The number of ether oxygens (including phenoxy) is 1. The number of fused-ring (bicyclic) bond motifs is 1. The molecule has 146 valence electrons. The number of rotatable bonds is 5. The average Bonchev–Trinajstić information content (AvgIpc) is 3.25. The van der Waals surface area contributed by atoms with Crippen LogP contribution in [0.5, 0.6) is 5.75 Å². The van der Waals surface area contributed by atoms with E-state index >= 15 is 0 Å². The van der Waals surface area contributed by atoms with Crippen molar-refractivity contribution in [2.24, 2.45) is 4.99 Å². The van der Waals surface area contributed by atoms with Crippen molar-refractivity contribution in [1.82, 2.24) is 5.32 Å². The van der Waals surface area contributed by atoms with E-state index in [1.807, 2.05) is 12.1 Å². The fourth-order valence-corrected chi connectivity index (χ4v) is 3.00. The molecule has 0 aliphatic heterocycles. The predicted molar refractivity (Wildman–Crippen MR) is 109 cm³/mol. The molecule has 0 unspecified atom stereocenters. The molecule has 2 aromatic carbocycles. The SMILES string of the molecule is COc1cccc(N=c2oc3ccc(Cl)cc3cc2C(=O)NCc2ccco2)c1. The summed E-state index contributed by atoms with van der Waals surface area (Å²) in [5.74, 6) is 0.960. The van der Waals surface area contributed by atoms with Crippen LogP contribution in [-0.2, 0) is 6.54 Å². The van der Waals surface area contributed by atoms with E-state index < -0.39 is 0 Å². The van der Waals surface area contributed by atoms with Crippen LogP contribution < -0.4 is 15.6 Å². The fraction of sp³-hybridized carbons (Fsp3) is 0.0909. The van der Waals surface area contributed by atoms with Gasteiger partial charge >= 0.3 is 0 Å². The van der Waals surface area contributed by atoms with E-state index in [0.717, 1.165) is 0 Å². The maximum atomic E-state index is 12.9. The summed E-state index contributed by atoms with van der Waals surface area (Å²) < 4.78 is 16.4. The molecule has 0 bridgehead atoms. The minimum absolute atomic E-state index is 0.185. The summed E-state index contributed by atoms with van der Waals surface area (Å²) in [6, 6.07) is 17.6. The predicted octanol–water partition coefficient (Wildman–Crippen LogP) is 4.85. The van der Waals surface area contributed by atoms with Crippen molar-refractivity contribution in [1.29, 1.82) is 0 Å². The Bertz CT molecular complexity index is 1230. The Balaban J connectivity index is 1.79. The van der Waals surface area contributed by atoms with Crippen LogP contribution in [0.25, 0.3) is 11.0 Å². The van der Waals surface area contributed by atoms with Gasteiger partial charge < -0.3 is 18.9 Å². The van der Waals surface area contributed by atoms with Crippen LogP contribution in [0.2, 0.25) is 5.02 Å². The van der Waals surface area contributed by atoms with Gasteiger partial charge in [-0.1, -0.05) is 17.7 Å². The molecule has 29 heavy (non-hydrogen) atoms. The van der Waals surface area contributed by atoms with Gasteiger partial charge in [-0.3, -0.25) is 4.79 Å². The molecule has 0 saturated carbocycles. The third-order valence-electron chi connectivity index (χ3n) is 4.24.